The highest BCUT2D eigenvalue weighted by atomic mass is 16.5. The predicted octanol–water partition coefficient (Wildman–Crippen LogP) is 3.15. The van der Waals surface area contributed by atoms with Crippen molar-refractivity contribution in [2.75, 3.05) is 7.11 Å². The summed E-state index contributed by atoms with van der Waals surface area (Å²) in [4.78, 5) is 3.49. The summed E-state index contributed by atoms with van der Waals surface area (Å²) in [6, 6.07) is 16.5. The molecular formula is C16H17N2O+. The standard InChI is InChI=1S/C16H16N2O/c1-3-18-15-7-5-4-6-14(15)17-16(18)12-8-10-13(19-2)11-9-12/h4-11H,3H2,1-2H3/p+1. The first-order valence-electron chi connectivity index (χ1n) is 6.48. The van der Waals surface area contributed by atoms with Crippen molar-refractivity contribution in [2.45, 2.75) is 13.5 Å². The number of nitrogens with zero attached hydrogens (tertiary/aromatic N) is 1. The molecule has 0 bridgehead atoms. The van der Waals surface area contributed by atoms with Crippen LogP contribution in [-0.2, 0) is 6.54 Å². The Morgan fingerprint density at radius 1 is 1.05 bits per heavy atom. The van der Waals surface area contributed by atoms with Crippen molar-refractivity contribution >= 4 is 11.0 Å². The number of aromatic nitrogens is 2. The highest BCUT2D eigenvalue weighted by Gasteiger charge is 2.18. The van der Waals surface area contributed by atoms with Gasteiger partial charge in [0.2, 0.25) is 0 Å². The molecule has 96 valence electrons. The molecule has 3 rings (SSSR count). The number of nitrogens with one attached hydrogen (secondary N) is 1. The molecule has 0 saturated heterocycles. The largest absolute Gasteiger partial charge is 0.497 e. The number of hydrogen-bond donors (Lipinski definition) is 1. The molecule has 0 amide bonds. The molecular weight excluding hydrogens is 236 g/mol. The van der Waals surface area contributed by atoms with Crippen molar-refractivity contribution in [1.29, 1.82) is 0 Å². The van der Waals surface area contributed by atoms with Gasteiger partial charge in [-0.15, -0.1) is 0 Å². The van der Waals surface area contributed by atoms with Crippen molar-refractivity contribution in [3.8, 4) is 17.1 Å². The van der Waals surface area contributed by atoms with E-state index in [-0.39, 0.29) is 0 Å². The summed E-state index contributed by atoms with van der Waals surface area (Å²) in [5.74, 6) is 2.01. The molecule has 0 unspecified atom stereocenters. The van der Waals surface area contributed by atoms with Gasteiger partial charge in [-0.2, -0.15) is 0 Å². The van der Waals surface area contributed by atoms with Crippen molar-refractivity contribution in [3.05, 3.63) is 48.5 Å². The maximum atomic E-state index is 5.20. The number of rotatable bonds is 3. The Morgan fingerprint density at radius 2 is 1.79 bits per heavy atom. The summed E-state index contributed by atoms with van der Waals surface area (Å²) in [6.45, 7) is 3.10. The fourth-order valence-electron chi connectivity index (χ4n) is 2.44. The molecule has 3 nitrogen and oxygen atoms in total. The molecule has 0 fully saturated rings. The van der Waals surface area contributed by atoms with Crippen LogP contribution in [0, 0.1) is 0 Å². The third-order valence-electron chi connectivity index (χ3n) is 3.40. The second-order valence-corrected chi connectivity index (χ2v) is 4.46. The summed E-state index contributed by atoms with van der Waals surface area (Å²) in [5, 5.41) is 0. The second-order valence-electron chi connectivity index (χ2n) is 4.46. The van der Waals surface area contributed by atoms with E-state index in [1.54, 1.807) is 7.11 Å². The van der Waals surface area contributed by atoms with Crippen LogP contribution in [0.2, 0.25) is 0 Å². The molecule has 1 N–H and O–H groups in total. The van der Waals surface area contributed by atoms with Gasteiger partial charge in [0.15, 0.2) is 11.0 Å². The lowest BCUT2D eigenvalue weighted by molar-refractivity contribution is -0.656. The lowest BCUT2D eigenvalue weighted by Crippen LogP contribution is -2.33. The first-order valence-corrected chi connectivity index (χ1v) is 6.48. The Morgan fingerprint density at radius 3 is 2.47 bits per heavy atom. The van der Waals surface area contributed by atoms with Crippen LogP contribution in [0.25, 0.3) is 22.4 Å². The van der Waals surface area contributed by atoms with Gasteiger partial charge in [0, 0.05) is 0 Å². The zero-order chi connectivity index (χ0) is 13.2. The van der Waals surface area contributed by atoms with E-state index in [1.807, 2.05) is 12.1 Å². The number of methoxy groups -OCH3 is 1. The minimum atomic E-state index is 0.878. The van der Waals surface area contributed by atoms with Gasteiger partial charge in [0.25, 0.3) is 5.82 Å². The SMILES string of the molecule is CC[n+]1c(-c2ccc(OC)cc2)[nH]c2ccccc21. The average Bonchev–Trinajstić information content (AvgIpc) is 2.85. The number of benzene rings is 2. The third kappa shape index (κ3) is 1.97. The minimum Gasteiger partial charge on any atom is -0.497 e. The molecule has 0 aliphatic heterocycles. The zero-order valence-electron chi connectivity index (χ0n) is 11.2. The molecule has 19 heavy (non-hydrogen) atoms. The number of hydrogen-bond acceptors (Lipinski definition) is 1. The molecule has 0 saturated carbocycles. The first kappa shape index (κ1) is 11.8. The van der Waals surface area contributed by atoms with E-state index < -0.39 is 0 Å². The number of para-hydroxylation sites is 2. The van der Waals surface area contributed by atoms with Crippen molar-refractivity contribution < 1.29 is 9.30 Å². The fourth-order valence-corrected chi connectivity index (χ4v) is 2.44. The van der Waals surface area contributed by atoms with Crippen LogP contribution < -0.4 is 9.30 Å². The highest BCUT2D eigenvalue weighted by Crippen LogP contribution is 2.21. The summed E-state index contributed by atoms with van der Waals surface area (Å²) < 4.78 is 7.49. The van der Waals surface area contributed by atoms with E-state index in [4.69, 9.17) is 4.74 Å². The fraction of sp³-hybridized carbons (Fsp3) is 0.188. The van der Waals surface area contributed by atoms with Crippen LogP contribution in [0.4, 0.5) is 0 Å². The molecule has 3 heteroatoms. The van der Waals surface area contributed by atoms with Crippen LogP contribution >= 0.6 is 0 Å². The normalized spacial score (nSPS) is 10.8. The first-order chi connectivity index (χ1) is 9.33. The van der Waals surface area contributed by atoms with E-state index in [0.29, 0.717) is 0 Å². The summed E-state index contributed by atoms with van der Waals surface area (Å²) in [6.07, 6.45) is 0. The summed E-state index contributed by atoms with van der Waals surface area (Å²) >= 11 is 0. The lowest BCUT2D eigenvalue weighted by atomic mass is 10.2. The average molecular weight is 253 g/mol. The number of fused-ring (bicyclic) bond motifs is 1. The monoisotopic (exact) mass is 253 g/mol. The third-order valence-corrected chi connectivity index (χ3v) is 3.40. The smallest absolute Gasteiger partial charge is 0.287 e. The zero-order valence-corrected chi connectivity index (χ0v) is 11.2. The van der Waals surface area contributed by atoms with E-state index in [1.165, 1.54) is 11.1 Å². The Balaban J connectivity index is 2.17. The van der Waals surface area contributed by atoms with Crippen LogP contribution in [-0.4, -0.2) is 12.1 Å². The molecule has 0 radical (unpaired) electrons. The van der Waals surface area contributed by atoms with Gasteiger partial charge in [-0.3, -0.25) is 0 Å². The van der Waals surface area contributed by atoms with E-state index in [2.05, 4.69) is 52.9 Å². The van der Waals surface area contributed by atoms with Gasteiger partial charge < -0.3 is 4.74 Å². The van der Waals surface area contributed by atoms with Crippen molar-refractivity contribution in [2.24, 2.45) is 0 Å². The van der Waals surface area contributed by atoms with Gasteiger partial charge in [-0.1, -0.05) is 12.1 Å². The summed E-state index contributed by atoms with van der Waals surface area (Å²) in [5.41, 5.74) is 3.56. The Bertz CT molecular complexity index is 698. The number of H-pyrrole nitrogens is 1. The molecule has 0 spiro atoms. The maximum Gasteiger partial charge on any atom is 0.287 e. The van der Waals surface area contributed by atoms with Crippen LogP contribution in [0.15, 0.2) is 48.5 Å². The van der Waals surface area contributed by atoms with Crippen LogP contribution in [0.5, 0.6) is 5.75 Å². The topological polar surface area (TPSA) is 28.9 Å². The predicted molar refractivity (Wildman–Crippen MR) is 76.2 cm³/mol. The van der Waals surface area contributed by atoms with Gasteiger partial charge in [0.05, 0.1) is 19.2 Å². The van der Waals surface area contributed by atoms with Gasteiger partial charge in [0.1, 0.15) is 5.75 Å². The summed E-state index contributed by atoms with van der Waals surface area (Å²) in [7, 11) is 1.68. The van der Waals surface area contributed by atoms with Gasteiger partial charge in [-0.05, 0) is 43.3 Å². The quantitative estimate of drug-likeness (QED) is 0.714. The van der Waals surface area contributed by atoms with E-state index >= 15 is 0 Å². The molecule has 0 atom stereocenters. The second kappa shape index (κ2) is 4.76. The van der Waals surface area contributed by atoms with Crippen LogP contribution in [0.1, 0.15) is 6.92 Å². The van der Waals surface area contributed by atoms with Gasteiger partial charge >= 0.3 is 0 Å². The highest BCUT2D eigenvalue weighted by molar-refractivity contribution is 5.74. The Hall–Kier alpha value is -2.29. The Labute approximate surface area is 112 Å². The number of imidazole rings is 1. The lowest BCUT2D eigenvalue weighted by Gasteiger charge is -2.01. The molecule has 0 aliphatic rings. The van der Waals surface area contributed by atoms with Crippen molar-refractivity contribution in [1.82, 2.24) is 4.98 Å². The maximum absolute atomic E-state index is 5.20. The van der Waals surface area contributed by atoms with Crippen molar-refractivity contribution in [3.63, 3.8) is 0 Å². The Kier molecular flexibility index (Phi) is 2.95. The van der Waals surface area contributed by atoms with Crippen LogP contribution in [0.3, 0.4) is 0 Å². The number of aryl methyl sites for hydroxylation is 1. The molecule has 1 aromatic heterocycles. The number of ether oxygens (including phenoxy) is 1. The van der Waals surface area contributed by atoms with E-state index in [0.717, 1.165) is 23.6 Å². The van der Waals surface area contributed by atoms with Gasteiger partial charge in [-0.25, -0.2) is 9.55 Å². The number of aromatic amines is 1. The molecule has 1 heterocycles. The molecule has 3 aromatic rings. The van der Waals surface area contributed by atoms with E-state index in [9.17, 15) is 0 Å². The molecule has 0 aliphatic carbocycles. The minimum absolute atomic E-state index is 0.878. The molecule has 2 aromatic carbocycles.